The van der Waals surface area contributed by atoms with Crippen molar-refractivity contribution >= 4 is 24.5 Å². The third-order valence-corrected chi connectivity index (χ3v) is 1.96. The molecule has 0 saturated heterocycles. The van der Waals surface area contributed by atoms with Gasteiger partial charge in [-0.2, -0.15) is 11.6 Å². The van der Waals surface area contributed by atoms with Crippen LogP contribution >= 0.6 is 11.6 Å². The molecular formula is C8H14BClF3O2-. The number of carbonyl (C=O) groups excluding carboxylic acids is 1. The Labute approximate surface area is 92.2 Å². The third kappa shape index (κ3) is 7.53. The maximum absolute atomic E-state index is 12.0. The lowest BCUT2D eigenvalue weighted by Crippen LogP contribution is -2.31. The first-order valence-electron chi connectivity index (χ1n) is 4.58. The van der Waals surface area contributed by atoms with Crippen molar-refractivity contribution in [1.29, 1.82) is 0 Å². The molecule has 0 radical (unpaired) electrons. The number of alkyl halides is 1. The van der Waals surface area contributed by atoms with Crippen molar-refractivity contribution in [3.05, 3.63) is 0 Å². The Morgan fingerprint density at radius 2 is 1.87 bits per heavy atom. The van der Waals surface area contributed by atoms with Crippen LogP contribution in [-0.2, 0) is 9.53 Å². The SMILES string of the molecule is CC(C)(C)OC(=O)CCC(Cl)[B-](F)(F)F. The van der Waals surface area contributed by atoms with Gasteiger partial charge in [0.15, 0.2) is 0 Å². The van der Waals surface area contributed by atoms with E-state index < -0.39 is 30.2 Å². The largest absolute Gasteiger partial charge is 0.495 e. The van der Waals surface area contributed by atoms with E-state index in [0.29, 0.717) is 0 Å². The molecule has 2 nitrogen and oxygen atoms in total. The lowest BCUT2D eigenvalue weighted by Gasteiger charge is -2.22. The molecule has 0 N–H and O–H groups in total. The van der Waals surface area contributed by atoms with Gasteiger partial charge in [-0.3, -0.25) is 4.79 Å². The molecule has 0 aliphatic heterocycles. The molecule has 15 heavy (non-hydrogen) atoms. The van der Waals surface area contributed by atoms with Gasteiger partial charge in [0, 0.05) is 11.7 Å². The zero-order valence-corrected chi connectivity index (χ0v) is 9.65. The van der Waals surface area contributed by atoms with Crippen LogP contribution in [-0.4, -0.2) is 23.8 Å². The van der Waals surface area contributed by atoms with Gasteiger partial charge in [-0.15, -0.1) is 0 Å². The highest BCUT2D eigenvalue weighted by Gasteiger charge is 2.33. The Hall–Kier alpha value is -0.385. The maximum atomic E-state index is 12.0. The second kappa shape index (κ2) is 5.10. The topological polar surface area (TPSA) is 26.3 Å². The molecule has 90 valence electrons. The summed E-state index contributed by atoms with van der Waals surface area (Å²) >= 11 is 5.07. The van der Waals surface area contributed by atoms with Crippen LogP contribution in [0.4, 0.5) is 12.9 Å². The quantitative estimate of drug-likeness (QED) is 0.432. The summed E-state index contributed by atoms with van der Waals surface area (Å²) in [5, 5.41) is -1.93. The Bertz CT molecular complexity index is 225. The molecule has 1 atom stereocenters. The van der Waals surface area contributed by atoms with Crippen molar-refractivity contribution in [1.82, 2.24) is 0 Å². The molecule has 0 spiro atoms. The van der Waals surface area contributed by atoms with Crippen LogP contribution in [0.25, 0.3) is 0 Å². The van der Waals surface area contributed by atoms with Gasteiger partial charge < -0.3 is 17.7 Å². The second-order valence-electron chi connectivity index (χ2n) is 4.27. The standard InChI is InChI=1S/C8H14BClF3O2/c1-8(2,3)15-7(14)5-4-6(10)9(11,12)13/h6H,4-5H2,1-3H3/q-1. The van der Waals surface area contributed by atoms with E-state index in [0.717, 1.165) is 0 Å². The molecular weight excluding hydrogens is 231 g/mol. The fourth-order valence-corrected chi connectivity index (χ4v) is 0.946. The second-order valence-corrected chi connectivity index (χ2v) is 4.83. The number of ether oxygens (including phenoxy) is 1. The Morgan fingerprint density at radius 3 is 2.20 bits per heavy atom. The summed E-state index contributed by atoms with van der Waals surface area (Å²) in [6, 6.07) is 0. The lowest BCUT2D eigenvalue weighted by molar-refractivity contribution is -0.154. The van der Waals surface area contributed by atoms with Gasteiger partial charge in [-0.05, 0) is 20.8 Å². The summed E-state index contributed by atoms with van der Waals surface area (Å²) in [5.74, 6) is -0.659. The summed E-state index contributed by atoms with van der Waals surface area (Å²) in [5.41, 5.74) is -0.678. The van der Waals surface area contributed by atoms with Gasteiger partial charge in [0.25, 0.3) is 0 Å². The monoisotopic (exact) mass is 245 g/mol. The van der Waals surface area contributed by atoms with Gasteiger partial charge in [0.2, 0.25) is 0 Å². The number of hydrogen-bond acceptors (Lipinski definition) is 2. The first-order chi connectivity index (χ1) is 6.52. The van der Waals surface area contributed by atoms with Gasteiger partial charge in [0.05, 0.1) is 0 Å². The molecule has 0 aromatic rings. The van der Waals surface area contributed by atoms with Crippen molar-refractivity contribution in [2.24, 2.45) is 0 Å². The van der Waals surface area contributed by atoms with Gasteiger partial charge in [-0.1, -0.05) is 6.42 Å². The highest BCUT2D eigenvalue weighted by molar-refractivity contribution is 6.69. The van der Waals surface area contributed by atoms with Crippen molar-refractivity contribution in [3.8, 4) is 0 Å². The number of rotatable bonds is 4. The average Bonchev–Trinajstić information content (AvgIpc) is 1.94. The van der Waals surface area contributed by atoms with Crippen molar-refractivity contribution in [2.45, 2.75) is 44.5 Å². The van der Waals surface area contributed by atoms with Crippen molar-refractivity contribution < 1.29 is 22.5 Å². The highest BCUT2D eigenvalue weighted by Crippen LogP contribution is 2.23. The predicted molar refractivity (Wildman–Crippen MR) is 53.8 cm³/mol. The van der Waals surface area contributed by atoms with E-state index in [2.05, 4.69) is 0 Å². The zero-order valence-electron chi connectivity index (χ0n) is 8.90. The number of halogens is 4. The van der Waals surface area contributed by atoms with E-state index in [4.69, 9.17) is 16.3 Å². The number of carbonyl (C=O) groups is 1. The molecule has 0 saturated carbocycles. The molecule has 1 unspecified atom stereocenters. The molecule has 0 bridgehead atoms. The molecule has 0 amide bonds. The van der Waals surface area contributed by atoms with Crippen LogP contribution in [0.3, 0.4) is 0 Å². The minimum atomic E-state index is -5.08. The Kier molecular flexibility index (Phi) is 4.97. The first-order valence-corrected chi connectivity index (χ1v) is 5.02. The van der Waals surface area contributed by atoms with Crippen LogP contribution in [0.5, 0.6) is 0 Å². The molecule has 0 heterocycles. The van der Waals surface area contributed by atoms with E-state index in [1.165, 1.54) is 0 Å². The first kappa shape index (κ1) is 14.6. The molecule has 7 heteroatoms. The average molecular weight is 245 g/mol. The van der Waals surface area contributed by atoms with Crippen LogP contribution in [0.15, 0.2) is 0 Å². The smallest absolute Gasteiger partial charge is 0.460 e. The maximum Gasteiger partial charge on any atom is 0.495 e. The van der Waals surface area contributed by atoms with Crippen LogP contribution in [0.1, 0.15) is 33.6 Å². The summed E-state index contributed by atoms with van der Waals surface area (Å²) in [6.07, 6.45) is -0.743. The zero-order chi connectivity index (χ0) is 12.3. The molecule has 0 aliphatic rings. The molecule has 0 aromatic carbocycles. The van der Waals surface area contributed by atoms with E-state index in [1.807, 2.05) is 0 Å². The molecule has 0 aliphatic carbocycles. The normalized spacial score (nSPS) is 14.9. The highest BCUT2D eigenvalue weighted by atomic mass is 35.5. The summed E-state index contributed by atoms with van der Waals surface area (Å²) in [7, 11) is 0. The third-order valence-electron chi connectivity index (χ3n) is 1.45. The van der Waals surface area contributed by atoms with E-state index >= 15 is 0 Å². The Morgan fingerprint density at radius 1 is 1.40 bits per heavy atom. The predicted octanol–water partition coefficient (Wildman–Crippen LogP) is 3.10. The summed E-state index contributed by atoms with van der Waals surface area (Å²) in [4.78, 5) is 11.0. The number of hydrogen-bond donors (Lipinski definition) is 0. The summed E-state index contributed by atoms with van der Waals surface area (Å²) < 4.78 is 40.9. The fourth-order valence-electron chi connectivity index (χ4n) is 0.837. The van der Waals surface area contributed by atoms with Crippen molar-refractivity contribution in [3.63, 3.8) is 0 Å². The van der Waals surface area contributed by atoms with Gasteiger partial charge in [0.1, 0.15) is 5.60 Å². The minimum Gasteiger partial charge on any atom is -0.460 e. The molecule has 0 rings (SSSR count). The molecule has 0 fully saturated rings. The van der Waals surface area contributed by atoms with Crippen molar-refractivity contribution in [2.75, 3.05) is 0 Å². The van der Waals surface area contributed by atoms with Crippen LogP contribution < -0.4 is 0 Å². The van der Waals surface area contributed by atoms with Gasteiger partial charge >= 0.3 is 12.9 Å². The Balaban J connectivity index is 3.92. The summed E-state index contributed by atoms with van der Waals surface area (Å²) in [6.45, 7) is -0.132. The van der Waals surface area contributed by atoms with Crippen LogP contribution in [0, 0.1) is 0 Å². The lowest BCUT2D eigenvalue weighted by atomic mass is 9.83. The van der Waals surface area contributed by atoms with E-state index in [1.54, 1.807) is 20.8 Å². The van der Waals surface area contributed by atoms with Crippen LogP contribution in [0.2, 0.25) is 0 Å². The molecule has 0 aromatic heterocycles. The van der Waals surface area contributed by atoms with E-state index in [-0.39, 0.29) is 6.42 Å². The minimum absolute atomic E-state index is 0.313. The fraction of sp³-hybridized carbons (Fsp3) is 0.875. The number of esters is 1. The van der Waals surface area contributed by atoms with Gasteiger partial charge in [-0.25, -0.2) is 0 Å². The van der Waals surface area contributed by atoms with E-state index in [9.17, 15) is 17.7 Å².